The molecular formula is C27H28ClN3O3. The van der Waals surface area contributed by atoms with Crippen molar-refractivity contribution in [2.45, 2.75) is 50.0 Å². The van der Waals surface area contributed by atoms with E-state index in [1.165, 1.54) is 5.56 Å². The van der Waals surface area contributed by atoms with E-state index >= 15 is 0 Å². The molecule has 1 N–H and O–H groups in total. The number of fused-ring (bicyclic) bond motifs is 2. The number of hydrogen-bond acceptors (Lipinski definition) is 5. The van der Waals surface area contributed by atoms with Crippen LogP contribution in [-0.2, 0) is 16.8 Å². The molecule has 3 fully saturated rings. The summed E-state index contributed by atoms with van der Waals surface area (Å²) in [5.41, 5.74) is 2.04. The van der Waals surface area contributed by atoms with Gasteiger partial charge in [0.2, 0.25) is 11.8 Å². The minimum absolute atomic E-state index is 0.00288. The average Bonchev–Trinajstić information content (AvgIpc) is 3.20. The maximum atomic E-state index is 13.3. The fourth-order valence-corrected chi connectivity index (χ4v) is 6.30. The highest BCUT2D eigenvalue weighted by molar-refractivity contribution is 6.30. The zero-order valence-electron chi connectivity index (χ0n) is 19.2. The Morgan fingerprint density at radius 1 is 1.12 bits per heavy atom. The average molecular weight is 478 g/mol. The highest BCUT2D eigenvalue weighted by Gasteiger charge is 2.55. The molecule has 3 aliphatic rings. The summed E-state index contributed by atoms with van der Waals surface area (Å²) in [7, 11) is 1.67. The van der Waals surface area contributed by atoms with Gasteiger partial charge in [0.05, 0.1) is 24.4 Å². The molecule has 7 heteroatoms. The second kappa shape index (κ2) is 8.42. The van der Waals surface area contributed by atoms with E-state index < -0.39 is 0 Å². The van der Waals surface area contributed by atoms with Crippen LogP contribution in [0.4, 0.5) is 0 Å². The van der Waals surface area contributed by atoms with E-state index in [1.54, 1.807) is 7.11 Å². The van der Waals surface area contributed by atoms with Crippen molar-refractivity contribution in [1.29, 1.82) is 0 Å². The van der Waals surface area contributed by atoms with Crippen molar-refractivity contribution in [3.8, 4) is 5.75 Å². The first-order valence-electron chi connectivity index (χ1n) is 12.1. The maximum absolute atomic E-state index is 13.3. The number of carbonyl (C=O) groups excluding carboxylic acids is 1. The molecule has 176 valence electrons. The molecule has 4 atom stereocenters. The molecule has 3 saturated carbocycles. The van der Waals surface area contributed by atoms with Crippen LogP contribution < -0.4 is 10.1 Å². The van der Waals surface area contributed by atoms with Crippen LogP contribution in [0.3, 0.4) is 0 Å². The second-order valence-corrected chi connectivity index (χ2v) is 10.4. The molecule has 34 heavy (non-hydrogen) atoms. The van der Waals surface area contributed by atoms with Gasteiger partial charge in [-0.3, -0.25) is 4.79 Å². The molecule has 0 aliphatic heterocycles. The van der Waals surface area contributed by atoms with Crippen LogP contribution in [0, 0.1) is 17.8 Å². The third-order valence-corrected chi connectivity index (χ3v) is 8.40. The summed E-state index contributed by atoms with van der Waals surface area (Å²) in [4.78, 5) is 18.2. The molecule has 1 aromatic heterocycles. The molecule has 0 saturated heterocycles. The molecule has 6 nitrogen and oxygen atoms in total. The summed E-state index contributed by atoms with van der Waals surface area (Å²) in [5.74, 6) is 3.00. The van der Waals surface area contributed by atoms with E-state index in [1.807, 2.05) is 36.4 Å². The van der Waals surface area contributed by atoms with Crippen molar-refractivity contribution in [2.75, 3.05) is 7.11 Å². The lowest BCUT2D eigenvalue weighted by molar-refractivity contribution is -0.127. The van der Waals surface area contributed by atoms with Gasteiger partial charge in [0.25, 0.3) is 0 Å². The fourth-order valence-electron chi connectivity index (χ4n) is 6.17. The van der Waals surface area contributed by atoms with Crippen LogP contribution >= 0.6 is 11.6 Å². The van der Waals surface area contributed by atoms with Gasteiger partial charge in [-0.1, -0.05) is 41.0 Å². The van der Waals surface area contributed by atoms with Crippen molar-refractivity contribution < 1.29 is 14.1 Å². The SMILES string of the molecule is COc1ccc(C2(c3noc([C@H]4[C@@H]5CC[C@@H](C5)[C@@H]4C(=O)NCc4ccc(Cl)cc4)n3)CC2)cc1. The van der Waals surface area contributed by atoms with Crippen molar-refractivity contribution in [2.24, 2.45) is 17.8 Å². The molecule has 1 heterocycles. The maximum Gasteiger partial charge on any atom is 0.230 e. The zero-order chi connectivity index (χ0) is 23.3. The first kappa shape index (κ1) is 21.7. The topological polar surface area (TPSA) is 77.2 Å². The van der Waals surface area contributed by atoms with E-state index in [0.717, 1.165) is 49.2 Å². The highest BCUT2D eigenvalue weighted by atomic mass is 35.5. The van der Waals surface area contributed by atoms with Crippen LogP contribution in [-0.4, -0.2) is 23.2 Å². The number of carbonyl (C=O) groups is 1. The second-order valence-electron chi connectivity index (χ2n) is 10.00. The number of rotatable bonds is 7. The van der Waals surface area contributed by atoms with E-state index in [9.17, 15) is 4.79 Å². The molecule has 3 aliphatic carbocycles. The largest absolute Gasteiger partial charge is 0.497 e. The number of nitrogens with one attached hydrogen (secondary N) is 1. The van der Waals surface area contributed by atoms with E-state index in [2.05, 4.69) is 22.6 Å². The van der Waals surface area contributed by atoms with Gasteiger partial charge in [0, 0.05) is 11.6 Å². The van der Waals surface area contributed by atoms with Crippen molar-refractivity contribution in [3.63, 3.8) is 0 Å². The van der Waals surface area contributed by atoms with E-state index in [-0.39, 0.29) is 23.2 Å². The first-order chi connectivity index (χ1) is 16.6. The van der Waals surface area contributed by atoms with Gasteiger partial charge in [-0.25, -0.2) is 0 Å². The third kappa shape index (κ3) is 3.68. The minimum atomic E-state index is -0.183. The quantitative estimate of drug-likeness (QED) is 0.502. The van der Waals surface area contributed by atoms with Crippen LogP contribution in [0.2, 0.25) is 5.02 Å². The Bertz CT molecular complexity index is 1190. The van der Waals surface area contributed by atoms with Gasteiger partial charge in [0.15, 0.2) is 5.82 Å². The first-order valence-corrected chi connectivity index (χ1v) is 12.5. The number of hydrogen-bond donors (Lipinski definition) is 1. The van der Waals surface area contributed by atoms with Crippen LogP contribution in [0.15, 0.2) is 53.1 Å². The Hall–Kier alpha value is -2.86. The lowest BCUT2D eigenvalue weighted by atomic mass is 9.78. The Balaban J connectivity index is 1.21. The van der Waals surface area contributed by atoms with Gasteiger partial charge in [-0.05, 0) is 79.3 Å². The van der Waals surface area contributed by atoms with Crippen molar-refractivity contribution in [1.82, 2.24) is 15.5 Å². The highest BCUT2D eigenvalue weighted by Crippen LogP contribution is 2.57. The Labute approximate surface area is 204 Å². The number of methoxy groups -OCH3 is 1. The monoisotopic (exact) mass is 477 g/mol. The number of amides is 1. The summed E-state index contributed by atoms with van der Waals surface area (Å²) in [6, 6.07) is 15.7. The predicted octanol–water partition coefficient (Wildman–Crippen LogP) is 5.26. The fraction of sp³-hybridized carbons (Fsp3) is 0.444. The summed E-state index contributed by atoms with van der Waals surface area (Å²) in [6.07, 6.45) is 5.28. The lowest BCUT2D eigenvalue weighted by Gasteiger charge is -2.27. The summed E-state index contributed by atoms with van der Waals surface area (Å²) in [5, 5.41) is 8.27. The molecule has 0 radical (unpaired) electrons. The van der Waals surface area contributed by atoms with Gasteiger partial charge in [-0.2, -0.15) is 4.98 Å². The Kier molecular flexibility index (Phi) is 5.36. The molecule has 1 amide bonds. The summed E-state index contributed by atoms with van der Waals surface area (Å²) >= 11 is 5.98. The molecule has 2 bridgehead atoms. The third-order valence-electron chi connectivity index (χ3n) is 8.15. The van der Waals surface area contributed by atoms with E-state index in [4.69, 9.17) is 25.8 Å². The molecule has 0 spiro atoms. The van der Waals surface area contributed by atoms with Gasteiger partial charge in [0.1, 0.15) is 5.75 Å². The molecule has 3 aromatic rings. The number of benzene rings is 2. The molecule has 0 unspecified atom stereocenters. The lowest BCUT2D eigenvalue weighted by Crippen LogP contribution is -2.37. The van der Waals surface area contributed by atoms with Crippen LogP contribution in [0.5, 0.6) is 5.75 Å². The number of aromatic nitrogens is 2. The van der Waals surface area contributed by atoms with E-state index in [0.29, 0.717) is 29.3 Å². The number of nitrogens with zero attached hydrogens (tertiary/aromatic N) is 2. The van der Waals surface area contributed by atoms with Gasteiger partial charge < -0.3 is 14.6 Å². The van der Waals surface area contributed by atoms with Crippen molar-refractivity contribution in [3.05, 3.63) is 76.4 Å². The summed E-state index contributed by atoms with van der Waals surface area (Å²) in [6.45, 7) is 0.492. The van der Waals surface area contributed by atoms with Gasteiger partial charge in [-0.15, -0.1) is 0 Å². The summed E-state index contributed by atoms with van der Waals surface area (Å²) < 4.78 is 11.2. The molecule has 2 aromatic carbocycles. The normalized spacial score (nSPS) is 26.4. The van der Waals surface area contributed by atoms with Gasteiger partial charge >= 0.3 is 0 Å². The molecule has 6 rings (SSSR count). The molecular weight excluding hydrogens is 450 g/mol. The Morgan fingerprint density at radius 2 is 1.85 bits per heavy atom. The minimum Gasteiger partial charge on any atom is -0.497 e. The number of ether oxygens (including phenoxy) is 1. The predicted molar refractivity (Wildman–Crippen MR) is 128 cm³/mol. The number of halogens is 1. The van der Waals surface area contributed by atoms with Crippen LogP contribution in [0.25, 0.3) is 0 Å². The van der Waals surface area contributed by atoms with Crippen LogP contribution in [0.1, 0.15) is 60.9 Å². The Morgan fingerprint density at radius 3 is 2.56 bits per heavy atom. The van der Waals surface area contributed by atoms with Crippen molar-refractivity contribution >= 4 is 17.5 Å². The smallest absolute Gasteiger partial charge is 0.230 e. The standard InChI is InChI=1S/C27H28ClN3O3/c1-33-21-10-6-19(7-11-21)27(12-13-27)26-30-25(34-31-26)23-18-5-4-17(14-18)22(23)24(32)29-15-16-2-8-20(28)9-3-16/h2-3,6-11,17-18,22-23H,4-5,12-15H2,1H3,(H,29,32)/t17-,18+,22-,23-/m0/s1. The zero-order valence-corrected chi connectivity index (χ0v) is 19.9.